The van der Waals surface area contributed by atoms with Crippen LogP contribution in [0.5, 0.6) is 0 Å². The molecule has 1 aromatic heterocycles. The average Bonchev–Trinajstić information content (AvgIpc) is 3.57. The fraction of sp³-hybridized carbons (Fsp3) is 0.0492. The molecule has 63 heavy (non-hydrogen) atoms. The lowest BCUT2D eigenvalue weighted by atomic mass is 9.80. The molecule has 296 valence electrons. The van der Waals surface area contributed by atoms with Gasteiger partial charge in [-0.3, -0.25) is 0 Å². The van der Waals surface area contributed by atoms with Crippen molar-refractivity contribution in [2.24, 2.45) is 0 Å². The molecule has 12 rings (SSSR count). The summed E-state index contributed by atoms with van der Waals surface area (Å²) in [7, 11) is 0. The molecule has 0 aliphatic heterocycles. The molecule has 2 heteroatoms. The monoisotopic (exact) mass is 802 g/mol. The van der Waals surface area contributed by atoms with E-state index in [4.69, 9.17) is 9.97 Å². The third-order valence-corrected chi connectivity index (χ3v) is 13.3. The molecule has 0 N–H and O–H groups in total. The molecule has 10 aromatic carbocycles. The number of aromatic nitrogens is 2. The van der Waals surface area contributed by atoms with E-state index in [-0.39, 0.29) is 5.41 Å². The normalized spacial score (nSPS) is 12.7. The molecule has 1 aliphatic rings. The Morgan fingerprint density at radius 3 is 1.48 bits per heavy atom. The van der Waals surface area contributed by atoms with Crippen LogP contribution in [0.25, 0.3) is 111 Å². The van der Waals surface area contributed by atoms with Crippen molar-refractivity contribution in [3.8, 4) is 78.4 Å². The molecular weight excluding hydrogens is 761 g/mol. The fourth-order valence-electron chi connectivity index (χ4n) is 10.2. The lowest BCUT2D eigenvalue weighted by Crippen LogP contribution is -2.14. The largest absolute Gasteiger partial charge is 0.228 e. The number of nitrogens with zero attached hydrogens (tertiary/aromatic N) is 2. The number of fused-ring (bicyclic) bond motifs is 6. The third kappa shape index (κ3) is 6.09. The van der Waals surface area contributed by atoms with Crippen LogP contribution in [0, 0.1) is 0 Å². The van der Waals surface area contributed by atoms with E-state index in [2.05, 4.69) is 214 Å². The van der Waals surface area contributed by atoms with E-state index in [1.807, 2.05) is 18.2 Å². The highest BCUT2D eigenvalue weighted by atomic mass is 14.9. The van der Waals surface area contributed by atoms with Gasteiger partial charge in [-0.1, -0.05) is 208 Å². The quantitative estimate of drug-likeness (QED) is 0.157. The highest BCUT2D eigenvalue weighted by Gasteiger charge is 2.37. The molecule has 1 heterocycles. The molecule has 0 fully saturated rings. The highest BCUT2D eigenvalue weighted by molar-refractivity contribution is 6.23. The van der Waals surface area contributed by atoms with Gasteiger partial charge in [0.2, 0.25) is 0 Å². The standard InChI is InChI=1S/C61H42N2/c1-61(2)53-30-16-29-51(59(53)52-36-44-21-9-10-22-45(44)37-54(52)61)58-49-27-13-11-25-47(49)57(48-26-12-14-28-50(48)58)41-33-31-40(32-34-41)55-38-56(63-60(62-55)42-19-7-4-8-20-42)46-24-15-23-43(35-46)39-17-5-3-6-18-39/h3-38H,1-2H3. The Morgan fingerprint density at radius 1 is 0.302 bits per heavy atom. The zero-order valence-electron chi connectivity index (χ0n) is 35.2. The van der Waals surface area contributed by atoms with E-state index < -0.39 is 0 Å². The van der Waals surface area contributed by atoms with Crippen LogP contribution >= 0.6 is 0 Å². The molecule has 0 spiro atoms. The zero-order chi connectivity index (χ0) is 42.1. The van der Waals surface area contributed by atoms with Gasteiger partial charge in [0.25, 0.3) is 0 Å². The summed E-state index contributed by atoms with van der Waals surface area (Å²) in [4.78, 5) is 10.3. The maximum absolute atomic E-state index is 5.19. The molecule has 0 radical (unpaired) electrons. The molecular formula is C61H42N2. The summed E-state index contributed by atoms with van der Waals surface area (Å²) >= 11 is 0. The maximum atomic E-state index is 5.19. The lowest BCUT2D eigenvalue weighted by Gasteiger charge is -2.23. The summed E-state index contributed by atoms with van der Waals surface area (Å²) < 4.78 is 0. The lowest BCUT2D eigenvalue weighted by molar-refractivity contribution is 0.661. The predicted octanol–water partition coefficient (Wildman–Crippen LogP) is 16.2. The fourth-order valence-corrected chi connectivity index (χ4v) is 10.2. The van der Waals surface area contributed by atoms with Gasteiger partial charge in [-0.25, -0.2) is 9.97 Å². The molecule has 0 bridgehead atoms. The van der Waals surface area contributed by atoms with Crippen molar-refractivity contribution in [1.82, 2.24) is 9.97 Å². The van der Waals surface area contributed by atoms with Crippen LogP contribution in [0.2, 0.25) is 0 Å². The van der Waals surface area contributed by atoms with Gasteiger partial charge in [0.15, 0.2) is 5.82 Å². The van der Waals surface area contributed by atoms with Crippen LogP contribution < -0.4 is 0 Å². The Balaban J connectivity index is 1.01. The van der Waals surface area contributed by atoms with Gasteiger partial charge in [-0.15, -0.1) is 0 Å². The predicted molar refractivity (Wildman–Crippen MR) is 265 cm³/mol. The topological polar surface area (TPSA) is 25.8 Å². The Kier molecular flexibility index (Phi) is 8.55. The second-order valence-corrected chi connectivity index (χ2v) is 17.3. The zero-order valence-corrected chi connectivity index (χ0v) is 35.2. The third-order valence-electron chi connectivity index (χ3n) is 13.3. The minimum atomic E-state index is -0.128. The molecule has 1 aliphatic carbocycles. The van der Waals surface area contributed by atoms with Crippen molar-refractivity contribution in [1.29, 1.82) is 0 Å². The first-order valence-corrected chi connectivity index (χ1v) is 21.8. The van der Waals surface area contributed by atoms with Gasteiger partial charge in [0.05, 0.1) is 11.4 Å². The van der Waals surface area contributed by atoms with Gasteiger partial charge in [-0.05, 0) is 112 Å². The number of rotatable bonds is 6. The first kappa shape index (κ1) is 36.9. The molecule has 11 aromatic rings. The second-order valence-electron chi connectivity index (χ2n) is 17.3. The smallest absolute Gasteiger partial charge is 0.160 e. The van der Waals surface area contributed by atoms with E-state index in [0.29, 0.717) is 5.82 Å². The van der Waals surface area contributed by atoms with Crippen LogP contribution in [0.1, 0.15) is 25.0 Å². The maximum Gasteiger partial charge on any atom is 0.160 e. The van der Waals surface area contributed by atoms with Crippen molar-refractivity contribution in [3.63, 3.8) is 0 Å². The van der Waals surface area contributed by atoms with E-state index in [1.165, 1.54) is 82.4 Å². The Bertz CT molecular complexity index is 3510. The summed E-state index contributed by atoms with van der Waals surface area (Å²) in [6, 6.07) is 79.1. The minimum Gasteiger partial charge on any atom is -0.228 e. The van der Waals surface area contributed by atoms with Crippen LogP contribution in [-0.2, 0) is 5.41 Å². The van der Waals surface area contributed by atoms with Gasteiger partial charge < -0.3 is 0 Å². The van der Waals surface area contributed by atoms with Crippen LogP contribution in [0.4, 0.5) is 0 Å². The summed E-state index contributed by atoms with van der Waals surface area (Å²) in [5, 5.41) is 7.54. The van der Waals surface area contributed by atoms with Crippen LogP contribution in [-0.4, -0.2) is 9.97 Å². The van der Waals surface area contributed by atoms with Crippen molar-refractivity contribution < 1.29 is 0 Å². The Hall–Kier alpha value is -7.94. The Morgan fingerprint density at radius 2 is 0.810 bits per heavy atom. The number of hydrogen-bond donors (Lipinski definition) is 0. The molecule has 0 amide bonds. The Labute approximate surface area is 367 Å². The van der Waals surface area contributed by atoms with Gasteiger partial charge in [0, 0.05) is 22.1 Å². The summed E-state index contributed by atoms with van der Waals surface area (Å²) in [5.74, 6) is 0.705. The van der Waals surface area contributed by atoms with Crippen molar-refractivity contribution in [2.75, 3.05) is 0 Å². The molecule has 2 nitrogen and oxygen atoms in total. The average molecular weight is 803 g/mol. The van der Waals surface area contributed by atoms with Crippen molar-refractivity contribution in [2.45, 2.75) is 19.3 Å². The molecule has 0 atom stereocenters. The first-order chi connectivity index (χ1) is 31.0. The summed E-state index contributed by atoms with van der Waals surface area (Å²) in [6.07, 6.45) is 0. The van der Waals surface area contributed by atoms with E-state index in [0.717, 1.165) is 33.6 Å². The van der Waals surface area contributed by atoms with Crippen molar-refractivity contribution in [3.05, 3.63) is 230 Å². The molecule has 0 saturated carbocycles. The number of hydrogen-bond acceptors (Lipinski definition) is 2. The van der Waals surface area contributed by atoms with Gasteiger partial charge in [0.1, 0.15) is 0 Å². The van der Waals surface area contributed by atoms with Gasteiger partial charge in [-0.2, -0.15) is 0 Å². The van der Waals surface area contributed by atoms with Crippen LogP contribution in [0.3, 0.4) is 0 Å². The SMILES string of the molecule is CC1(C)c2cc3ccccc3cc2-c2c(-c3c4ccccc4c(-c4ccc(-c5cc(-c6cccc(-c7ccccc7)c6)nc(-c6ccccc6)n5)cc4)c4ccccc34)cccc21. The van der Waals surface area contributed by atoms with Crippen molar-refractivity contribution >= 4 is 32.3 Å². The van der Waals surface area contributed by atoms with E-state index >= 15 is 0 Å². The minimum absolute atomic E-state index is 0.128. The second kappa shape index (κ2) is 14.6. The molecule has 0 unspecified atom stereocenters. The summed E-state index contributed by atoms with van der Waals surface area (Å²) in [5.41, 5.74) is 17.5. The highest BCUT2D eigenvalue weighted by Crippen LogP contribution is 2.55. The number of benzene rings is 10. The molecule has 0 saturated heterocycles. The van der Waals surface area contributed by atoms with E-state index in [1.54, 1.807) is 0 Å². The first-order valence-electron chi connectivity index (χ1n) is 21.8. The van der Waals surface area contributed by atoms with E-state index in [9.17, 15) is 0 Å². The summed E-state index contributed by atoms with van der Waals surface area (Å²) in [6.45, 7) is 4.76. The van der Waals surface area contributed by atoms with Gasteiger partial charge >= 0.3 is 0 Å². The van der Waals surface area contributed by atoms with Crippen LogP contribution in [0.15, 0.2) is 218 Å².